The molecule has 0 unspecified atom stereocenters. The highest BCUT2D eigenvalue weighted by atomic mass is 16.6. The fourth-order valence-electron chi connectivity index (χ4n) is 10.6. The van der Waals surface area contributed by atoms with E-state index in [0.29, 0.717) is 17.2 Å². The second kappa shape index (κ2) is 14.3. The van der Waals surface area contributed by atoms with Crippen LogP contribution in [0.15, 0.2) is 237 Å². The lowest BCUT2D eigenvalue weighted by Gasteiger charge is -2.31. The van der Waals surface area contributed by atoms with Gasteiger partial charge in [0.1, 0.15) is 0 Å². The molecule has 3 nitrogen and oxygen atoms in total. The van der Waals surface area contributed by atoms with Crippen LogP contribution < -0.4 is 14.4 Å². The summed E-state index contributed by atoms with van der Waals surface area (Å²) < 4.78 is 14.1. The molecule has 3 aliphatic rings. The molecule has 0 amide bonds. The molecule has 1 heterocycles. The smallest absolute Gasteiger partial charge is 0.178 e. The van der Waals surface area contributed by atoms with Crippen molar-refractivity contribution in [2.75, 3.05) is 4.90 Å². The zero-order valence-corrected chi connectivity index (χ0v) is 34.8. The maximum absolute atomic E-state index is 7.27. The van der Waals surface area contributed by atoms with Crippen molar-refractivity contribution >= 4 is 17.1 Å². The van der Waals surface area contributed by atoms with Crippen molar-refractivity contribution in [1.82, 2.24) is 0 Å². The van der Waals surface area contributed by atoms with Crippen molar-refractivity contribution in [2.45, 2.75) is 5.41 Å². The van der Waals surface area contributed by atoms with Gasteiger partial charge in [0.15, 0.2) is 23.0 Å². The molecule has 10 aromatic rings. The minimum absolute atomic E-state index is 0.488. The van der Waals surface area contributed by atoms with Crippen molar-refractivity contribution < 1.29 is 9.47 Å². The van der Waals surface area contributed by atoms with E-state index in [1.807, 2.05) is 0 Å². The molecule has 0 saturated heterocycles. The summed E-state index contributed by atoms with van der Waals surface area (Å²) in [7, 11) is 0. The molecule has 2 aliphatic carbocycles. The topological polar surface area (TPSA) is 21.7 Å². The molecule has 1 spiro atoms. The Labute approximate surface area is 372 Å². The lowest BCUT2D eigenvalue weighted by atomic mass is 9.70. The maximum atomic E-state index is 7.27. The third-order valence-corrected chi connectivity index (χ3v) is 13.3. The summed E-state index contributed by atoms with van der Waals surface area (Å²) in [6.07, 6.45) is 0. The lowest BCUT2D eigenvalue weighted by Crippen LogP contribution is -2.25. The van der Waals surface area contributed by atoms with E-state index < -0.39 is 5.41 Å². The first kappa shape index (κ1) is 36.3. The Morgan fingerprint density at radius 1 is 0.297 bits per heavy atom. The van der Waals surface area contributed by atoms with E-state index in [4.69, 9.17) is 9.47 Å². The number of anilines is 3. The quantitative estimate of drug-likeness (QED) is 0.167. The number of fused-ring (bicyclic) bond motifs is 13. The van der Waals surface area contributed by atoms with E-state index in [2.05, 4.69) is 241 Å². The highest BCUT2D eigenvalue weighted by Crippen LogP contribution is 2.66. The first-order valence-electron chi connectivity index (χ1n) is 21.9. The molecule has 0 radical (unpaired) electrons. The first-order chi connectivity index (χ1) is 31.7. The van der Waals surface area contributed by atoms with Crippen LogP contribution in [0.1, 0.15) is 22.3 Å². The van der Waals surface area contributed by atoms with Gasteiger partial charge in [-0.25, -0.2) is 0 Å². The van der Waals surface area contributed by atoms with Gasteiger partial charge in [-0.1, -0.05) is 188 Å². The summed E-state index contributed by atoms with van der Waals surface area (Å²) >= 11 is 0. The van der Waals surface area contributed by atoms with Gasteiger partial charge < -0.3 is 14.4 Å². The van der Waals surface area contributed by atoms with Gasteiger partial charge in [-0.15, -0.1) is 0 Å². The summed E-state index contributed by atoms with van der Waals surface area (Å²) in [5, 5.41) is 0. The zero-order valence-electron chi connectivity index (χ0n) is 34.8. The Bertz CT molecular complexity index is 3350. The fraction of sp³-hybridized carbons (Fsp3) is 0.0164. The van der Waals surface area contributed by atoms with E-state index in [1.165, 1.54) is 33.4 Å². The molecule has 0 N–H and O–H groups in total. The van der Waals surface area contributed by atoms with Crippen LogP contribution in [0.5, 0.6) is 23.0 Å². The minimum atomic E-state index is -0.488. The van der Waals surface area contributed by atoms with Crippen LogP contribution in [0, 0.1) is 0 Å². The van der Waals surface area contributed by atoms with Crippen molar-refractivity contribution in [3.63, 3.8) is 0 Å². The highest BCUT2D eigenvalue weighted by Gasteiger charge is 2.53. The Hall–Kier alpha value is -8.40. The Kier molecular flexibility index (Phi) is 8.13. The van der Waals surface area contributed by atoms with Crippen LogP contribution in [0.25, 0.3) is 55.6 Å². The third-order valence-electron chi connectivity index (χ3n) is 13.3. The predicted octanol–water partition coefficient (Wildman–Crippen LogP) is 16.4. The Morgan fingerprint density at radius 2 is 0.797 bits per heavy atom. The van der Waals surface area contributed by atoms with Gasteiger partial charge in [-0.3, -0.25) is 0 Å². The van der Waals surface area contributed by atoms with Crippen molar-refractivity contribution in [2.24, 2.45) is 0 Å². The number of para-hydroxylation sites is 1. The summed E-state index contributed by atoms with van der Waals surface area (Å²) in [5.74, 6) is 2.78. The van der Waals surface area contributed by atoms with E-state index >= 15 is 0 Å². The molecule has 0 saturated carbocycles. The number of hydrogen-bond donors (Lipinski definition) is 0. The highest BCUT2D eigenvalue weighted by molar-refractivity contribution is 5.98. The number of rotatable bonds is 6. The molecule has 0 fully saturated rings. The van der Waals surface area contributed by atoms with Gasteiger partial charge in [-0.2, -0.15) is 0 Å². The van der Waals surface area contributed by atoms with Gasteiger partial charge in [0.2, 0.25) is 0 Å². The van der Waals surface area contributed by atoms with Gasteiger partial charge in [0.05, 0.1) is 16.8 Å². The fourth-order valence-corrected chi connectivity index (χ4v) is 10.6. The minimum Gasteiger partial charge on any atom is -0.449 e. The van der Waals surface area contributed by atoms with Crippen LogP contribution in [0.3, 0.4) is 0 Å². The van der Waals surface area contributed by atoms with Crippen molar-refractivity contribution in [1.29, 1.82) is 0 Å². The Morgan fingerprint density at radius 3 is 1.42 bits per heavy atom. The van der Waals surface area contributed by atoms with Crippen LogP contribution in [0.2, 0.25) is 0 Å². The third kappa shape index (κ3) is 5.41. The average molecular weight is 818 g/mol. The normalized spacial score (nSPS) is 13.1. The largest absolute Gasteiger partial charge is 0.449 e. The standard InChI is InChI=1S/C61H39NO2/c1-4-18-40(19-5-1)43-36-44(41-20-6-2-7-21-41)38-46(37-43)62(55-31-17-13-24-47(55)42-22-8-3-9-23-42)45-32-34-56-58(39-45)64-60-57(63-56)35-33-54-59(60)50-27-12-16-30-53(50)61(54)51-28-14-10-25-48(51)49-26-11-15-29-52(49)61/h1-39H. The maximum Gasteiger partial charge on any atom is 0.178 e. The predicted molar refractivity (Wildman–Crippen MR) is 260 cm³/mol. The number of ether oxygens (including phenoxy) is 2. The first-order valence-corrected chi connectivity index (χ1v) is 21.9. The summed E-state index contributed by atoms with van der Waals surface area (Å²) in [6.45, 7) is 0. The molecular formula is C61H39NO2. The lowest BCUT2D eigenvalue weighted by molar-refractivity contribution is 0.360. The van der Waals surface area contributed by atoms with Crippen molar-refractivity contribution in [3.8, 4) is 78.6 Å². The monoisotopic (exact) mass is 817 g/mol. The van der Waals surface area contributed by atoms with E-state index in [0.717, 1.165) is 67.3 Å². The number of nitrogens with zero attached hydrogens (tertiary/aromatic N) is 1. The number of hydrogen-bond acceptors (Lipinski definition) is 3. The summed E-state index contributed by atoms with van der Waals surface area (Å²) in [6, 6.07) is 84.8. The van der Waals surface area contributed by atoms with Crippen LogP contribution >= 0.6 is 0 Å². The van der Waals surface area contributed by atoms with E-state index in [-0.39, 0.29) is 0 Å². The number of benzene rings is 10. The molecule has 0 bridgehead atoms. The molecule has 10 aromatic carbocycles. The average Bonchev–Trinajstić information content (AvgIpc) is 3.84. The summed E-state index contributed by atoms with van der Waals surface area (Å²) in [4.78, 5) is 2.37. The molecular weight excluding hydrogens is 779 g/mol. The summed E-state index contributed by atoms with van der Waals surface area (Å²) in [5.41, 5.74) is 19.2. The van der Waals surface area contributed by atoms with E-state index in [1.54, 1.807) is 0 Å². The molecule has 0 aromatic heterocycles. The van der Waals surface area contributed by atoms with Crippen LogP contribution in [-0.4, -0.2) is 0 Å². The zero-order chi connectivity index (χ0) is 42.2. The second-order valence-corrected chi connectivity index (χ2v) is 16.8. The van der Waals surface area contributed by atoms with Gasteiger partial charge in [-0.05, 0) is 109 Å². The van der Waals surface area contributed by atoms with E-state index in [9.17, 15) is 0 Å². The van der Waals surface area contributed by atoms with Crippen LogP contribution in [0.4, 0.5) is 17.1 Å². The molecule has 3 heteroatoms. The van der Waals surface area contributed by atoms with Crippen LogP contribution in [-0.2, 0) is 5.41 Å². The molecule has 0 atom stereocenters. The SMILES string of the molecule is c1ccc(-c2cc(-c3ccccc3)cc(N(c3ccc4c(c3)Oc3c(ccc5c3-c3ccccc3C53c5ccccc5-c5ccccc53)O4)c3ccccc3-c3ccccc3)c2)cc1. The Balaban J connectivity index is 1.01. The van der Waals surface area contributed by atoms with Gasteiger partial charge in [0.25, 0.3) is 0 Å². The molecule has 64 heavy (non-hydrogen) atoms. The van der Waals surface area contributed by atoms with Gasteiger partial charge >= 0.3 is 0 Å². The van der Waals surface area contributed by atoms with Crippen molar-refractivity contribution in [3.05, 3.63) is 259 Å². The second-order valence-electron chi connectivity index (χ2n) is 16.8. The molecule has 13 rings (SSSR count). The molecule has 1 aliphatic heterocycles. The molecule has 300 valence electrons. The van der Waals surface area contributed by atoms with Gasteiger partial charge in [0, 0.05) is 22.9 Å².